The van der Waals surface area contributed by atoms with Crippen LogP contribution in [-0.4, -0.2) is 5.91 Å². The molecule has 0 unspecified atom stereocenters. The van der Waals surface area contributed by atoms with Gasteiger partial charge in [0.2, 0.25) is 0 Å². The summed E-state index contributed by atoms with van der Waals surface area (Å²) in [5, 5.41) is 2.93. The van der Waals surface area contributed by atoms with Crippen molar-refractivity contribution in [3.8, 4) is 0 Å². The molecule has 98 valence electrons. The molecule has 0 bridgehead atoms. The standard InChI is InChI=1S/C16H18N2O/c1-10-5-4-6-13(7-10)16(19)18-15-9-11(2)14(17)8-12(15)3/h4-9H,17H2,1-3H3,(H,18,19). The molecule has 1 amide bonds. The van der Waals surface area contributed by atoms with E-state index in [1.165, 1.54) is 0 Å². The van der Waals surface area contributed by atoms with E-state index in [0.717, 1.165) is 28.1 Å². The molecule has 2 aromatic rings. The van der Waals surface area contributed by atoms with Crippen LogP contribution in [0.2, 0.25) is 0 Å². The maximum absolute atomic E-state index is 12.2. The van der Waals surface area contributed by atoms with Crippen LogP contribution in [0.5, 0.6) is 0 Å². The molecule has 0 fully saturated rings. The van der Waals surface area contributed by atoms with Crippen molar-refractivity contribution in [3.63, 3.8) is 0 Å². The number of amides is 1. The highest BCUT2D eigenvalue weighted by Gasteiger charge is 2.09. The van der Waals surface area contributed by atoms with E-state index in [2.05, 4.69) is 5.32 Å². The summed E-state index contributed by atoms with van der Waals surface area (Å²) in [5.41, 5.74) is 11.0. The fourth-order valence-corrected chi connectivity index (χ4v) is 1.95. The number of hydrogen-bond donors (Lipinski definition) is 2. The van der Waals surface area contributed by atoms with Crippen LogP contribution in [0.1, 0.15) is 27.0 Å². The largest absolute Gasteiger partial charge is 0.399 e. The molecule has 2 aromatic carbocycles. The lowest BCUT2D eigenvalue weighted by molar-refractivity contribution is 0.102. The van der Waals surface area contributed by atoms with Gasteiger partial charge in [-0.15, -0.1) is 0 Å². The number of hydrogen-bond acceptors (Lipinski definition) is 2. The molecule has 3 N–H and O–H groups in total. The van der Waals surface area contributed by atoms with E-state index in [1.807, 2.05) is 57.2 Å². The Morgan fingerprint density at radius 2 is 1.79 bits per heavy atom. The number of rotatable bonds is 2. The summed E-state index contributed by atoms with van der Waals surface area (Å²) < 4.78 is 0. The molecule has 0 saturated heterocycles. The number of nitrogens with two attached hydrogens (primary N) is 1. The molecule has 0 heterocycles. The second-order valence-corrected chi connectivity index (χ2v) is 4.85. The van der Waals surface area contributed by atoms with Crippen molar-refractivity contribution in [1.29, 1.82) is 0 Å². The third-order valence-corrected chi connectivity index (χ3v) is 3.14. The van der Waals surface area contributed by atoms with Crippen LogP contribution in [0.15, 0.2) is 36.4 Å². The fraction of sp³-hybridized carbons (Fsp3) is 0.188. The van der Waals surface area contributed by atoms with Gasteiger partial charge in [-0.3, -0.25) is 4.79 Å². The van der Waals surface area contributed by atoms with Crippen LogP contribution in [0.25, 0.3) is 0 Å². The molecule has 0 aliphatic heterocycles. The molecule has 0 radical (unpaired) electrons. The lowest BCUT2D eigenvalue weighted by Crippen LogP contribution is -2.13. The monoisotopic (exact) mass is 254 g/mol. The van der Waals surface area contributed by atoms with Gasteiger partial charge in [-0.1, -0.05) is 17.7 Å². The first kappa shape index (κ1) is 13.1. The second-order valence-electron chi connectivity index (χ2n) is 4.85. The first-order valence-corrected chi connectivity index (χ1v) is 6.22. The molecule has 2 rings (SSSR count). The van der Waals surface area contributed by atoms with E-state index in [1.54, 1.807) is 0 Å². The molecule has 0 saturated carbocycles. The first-order valence-electron chi connectivity index (χ1n) is 6.22. The fourth-order valence-electron chi connectivity index (χ4n) is 1.95. The molecule has 3 nitrogen and oxygen atoms in total. The number of anilines is 2. The third kappa shape index (κ3) is 2.94. The summed E-state index contributed by atoms with van der Waals surface area (Å²) in [7, 11) is 0. The molecule has 0 atom stereocenters. The molecule has 0 aromatic heterocycles. The van der Waals surface area contributed by atoms with Crippen LogP contribution in [0.3, 0.4) is 0 Å². The lowest BCUT2D eigenvalue weighted by Gasteiger charge is -2.11. The Labute approximate surface area is 113 Å². The summed E-state index contributed by atoms with van der Waals surface area (Å²) in [6, 6.07) is 11.3. The Hall–Kier alpha value is -2.29. The summed E-state index contributed by atoms with van der Waals surface area (Å²) >= 11 is 0. The first-order chi connectivity index (χ1) is 8.97. The molecule has 0 spiro atoms. The van der Waals surface area contributed by atoms with Gasteiger partial charge in [0.05, 0.1) is 0 Å². The maximum Gasteiger partial charge on any atom is 0.255 e. The van der Waals surface area contributed by atoms with Gasteiger partial charge in [0.25, 0.3) is 5.91 Å². The number of nitrogens with one attached hydrogen (secondary N) is 1. The zero-order valence-electron chi connectivity index (χ0n) is 11.4. The van der Waals surface area contributed by atoms with Gasteiger partial charge in [0, 0.05) is 16.9 Å². The highest BCUT2D eigenvalue weighted by atomic mass is 16.1. The zero-order valence-corrected chi connectivity index (χ0v) is 11.4. The van der Waals surface area contributed by atoms with Crippen LogP contribution >= 0.6 is 0 Å². The summed E-state index contributed by atoms with van der Waals surface area (Å²) in [6.07, 6.45) is 0. The van der Waals surface area contributed by atoms with Crippen molar-refractivity contribution in [2.45, 2.75) is 20.8 Å². The molecule has 0 aliphatic carbocycles. The average Bonchev–Trinajstić information content (AvgIpc) is 2.36. The molecule has 0 aliphatic rings. The number of benzene rings is 2. The van der Waals surface area contributed by atoms with Crippen molar-refractivity contribution < 1.29 is 4.79 Å². The zero-order chi connectivity index (χ0) is 14.0. The Bertz CT molecular complexity index is 633. The van der Waals surface area contributed by atoms with Crippen molar-refractivity contribution in [1.82, 2.24) is 0 Å². The van der Waals surface area contributed by atoms with E-state index >= 15 is 0 Å². The van der Waals surface area contributed by atoms with Gasteiger partial charge < -0.3 is 11.1 Å². The van der Waals surface area contributed by atoms with Crippen LogP contribution in [0, 0.1) is 20.8 Å². The van der Waals surface area contributed by atoms with Gasteiger partial charge in [-0.2, -0.15) is 0 Å². The van der Waals surface area contributed by atoms with Crippen LogP contribution in [-0.2, 0) is 0 Å². The van der Waals surface area contributed by atoms with Crippen molar-refractivity contribution in [2.24, 2.45) is 0 Å². The number of aryl methyl sites for hydroxylation is 3. The summed E-state index contributed by atoms with van der Waals surface area (Å²) in [6.45, 7) is 5.83. The quantitative estimate of drug-likeness (QED) is 0.806. The molecule has 3 heteroatoms. The summed E-state index contributed by atoms with van der Waals surface area (Å²) in [4.78, 5) is 12.2. The molecular formula is C16H18N2O. The molecule has 19 heavy (non-hydrogen) atoms. The van der Waals surface area contributed by atoms with Gasteiger partial charge in [-0.05, 0) is 56.2 Å². The highest BCUT2D eigenvalue weighted by molar-refractivity contribution is 6.04. The predicted octanol–water partition coefficient (Wildman–Crippen LogP) is 3.45. The Morgan fingerprint density at radius 1 is 1.05 bits per heavy atom. The molecular weight excluding hydrogens is 236 g/mol. The Kier molecular flexibility index (Phi) is 3.56. The van der Waals surface area contributed by atoms with E-state index in [-0.39, 0.29) is 5.91 Å². The van der Waals surface area contributed by atoms with Crippen LogP contribution < -0.4 is 11.1 Å². The number of carbonyl (C=O) groups excluding carboxylic acids is 1. The van der Waals surface area contributed by atoms with Gasteiger partial charge >= 0.3 is 0 Å². The van der Waals surface area contributed by atoms with Crippen LogP contribution in [0.4, 0.5) is 11.4 Å². The van der Waals surface area contributed by atoms with Gasteiger partial charge in [-0.25, -0.2) is 0 Å². The van der Waals surface area contributed by atoms with Gasteiger partial charge in [0.1, 0.15) is 0 Å². The highest BCUT2D eigenvalue weighted by Crippen LogP contribution is 2.22. The number of nitrogen functional groups attached to an aromatic ring is 1. The third-order valence-electron chi connectivity index (χ3n) is 3.14. The smallest absolute Gasteiger partial charge is 0.255 e. The minimum Gasteiger partial charge on any atom is -0.399 e. The lowest BCUT2D eigenvalue weighted by atomic mass is 10.1. The average molecular weight is 254 g/mol. The minimum absolute atomic E-state index is 0.101. The second kappa shape index (κ2) is 5.14. The predicted molar refractivity (Wildman–Crippen MR) is 79.5 cm³/mol. The normalized spacial score (nSPS) is 10.3. The van der Waals surface area contributed by atoms with E-state index in [4.69, 9.17) is 5.73 Å². The van der Waals surface area contributed by atoms with Crippen molar-refractivity contribution in [2.75, 3.05) is 11.1 Å². The topological polar surface area (TPSA) is 55.1 Å². The van der Waals surface area contributed by atoms with E-state index < -0.39 is 0 Å². The van der Waals surface area contributed by atoms with Crippen molar-refractivity contribution >= 4 is 17.3 Å². The number of carbonyl (C=O) groups is 1. The SMILES string of the molecule is Cc1cccc(C(=O)Nc2cc(C)c(N)cc2C)c1. The van der Waals surface area contributed by atoms with E-state index in [9.17, 15) is 4.79 Å². The van der Waals surface area contributed by atoms with Crippen molar-refractivity contribution in [3.05, 3.63) is 58.7 Å². The maximum atomic E-state index is 12.2. The summed E-state index contributed by atoms with van der Waals surface area (Å²) in [5.74, 6) is -0.101. The Morgan fingerprint density at radius 3 is 2.47 bits per heavy atom. The van der Waals surface area contributed by atoms with E-state index in [0.29, 0.717) is 5.56 Å². The minimum atomic E-state index is -0.101. The Balaban J connectivity index is 2.27. The van der Waals surface area contributed by atoms with Gasteiger partial charge in [0.15, 0.2) is 0 Å².